The normalized spacial score (nSPS) is 18.1. The van der Waals surface area contributed by atoms with Crippen molar-refractivity contribution >= 4 is 60.1 Å². The van der Waals surface area contributed by atoms with Gasteiger partial charge in [-0.2, -0.15) is 25.8 Å². The maximum atomic E-state index is 14.7. The zero-order valence-corrected chi connectivity index (χ0v) is 60.4. The molecule has 0 spiro atoms. The highest BCUT2D eigenvalue weighted by molar-refractivity contribution is 7.90. The number of rotatable bonds is 16. The van der Waals surface area contributed by atoms with Gasteiger partial charge >= 0.3 is 0 Å². The van der Waals surface area contributed by atoms with Gasteiger partial charge in [0.05, 0.1) is 29.4 Å². The quantitative estimate of drug-likeness (QED) is 0.0884. The third kappa shape index (κ3) is 18.8. The van der Waals surface area contributed by atoms with Gasteiger partial charge in [-0.05, 0) is 164 Å². The molecule has 2 aliphatic rings. The van der Waals surface area contributed by atoms with Crippen LogP contribution in [-0.2, 0) is 73.2 Å². The van der Waals surface area contributed by atoms with E-state index in [0.717, 1.165) is 44.5 Å². The molecule has 21 nitrogen and oxygen atoms in total. The Hall–Kier alpha value is -6.15. The number of aryl methyl sites for hydroxylation is 6. The van der Waals surface area contributed by atoms with Gasteiger partial charge in [-0.15, -0.1) is 0 Å². The Morgan fingerprint density at radius 3 is 0.625 bits per heavy atom. The van der Waals surface area contributed by atoms with E-state index in [1.165, 1.54) is 50.1 Å². The first-order chi connectivity index (χ1) is 45.5. The number of aromatic nitrogens is 1. The SMILES string of the molecule is Cc1ccc(S(=O)(=O)N2CCCN(S(=O)(=O)c3ccc(C)cc3)CCN(S(=O)(=O)c3ccc(C)cc3)CCCN(Cc3cncc(CN4CCCN(S(=O)(=O)c5ccc(C)cc5)CCN(S(=O)(=O)c5ccc(C)cc5)CCCN(S(=O)(=O)c5ccc(C)cc5)CC4)c3)CC2)cc1. The minimum absolute atomic E-state index is 0.00502. The molecule has 1 aromatic heterocycles. The molecule has 96 heavy (non-hydrogen) atoms. The minimum atomic E-state index is -4.20. The summed E-state index contributed by atoms with van der Waals surface area (Å²) in [7, 11) is -25.0. The van der Waals surface area contributed by atoms with Crippen molar-refractivity contribution < 1.29 is 50.5 Å². The third-order valence-corrected chi connectivity index (χ3v) is 29.0. The van der Waals surface area contributed by atoms with E-state index in [1.807, 2.05) is 47.6 Å². The Morgan fingerprint density at radius 1 is 0.250 bits per heavy atom. The number of hydrogen-bond donors (Lipinski definition) is 0. The molecule has 6 aromatic carbocycles. The molecule has 2 fully saturated rings. The van der Waals surface area contributed by atoms with E-state index in [4.69, 9.17) is 4.98 Å². The highest BCUT2D eigenvalue weighted by Gasteiger charge is 2.34. The molecular formula is C69H89N9O12S6. The zero-order chi connectivity index (χ0) is 69.1. The van der Waals surface area contributed by atoms with E-state index in [0.29, 0.717) is 0 Å². The van der Waals surface area contributed by atoms with Crippen molar-refractivity contribution in [3.8, 4) is 0 Å². The van der Waals surface area contributed by atoms with Crippen LogP contribution in [0.15, 0.2) is 193 Å². The lowest BCUT2D eigenvalue weighted by molar-refractivity contribution is 0.221. The number of pyridine rings is 1. The van der Waals surface area contributed by atoms with Crippen molar-refractivity contribution in [2.24, 2.45) is 0 Å². The molecule has 2 aliphatic heterocycles. The predicted octanol–water partition coefficient (Wildman–Crippen LogP) is 8.27. The molecule has 0 aliphatic carbocycles. The first-order valence-electron chi connectivity index (χ1n) is 32.3. The van der Waals surface area contributed by atoms with Crippen LogP contribution in [0.3, 0.4) is 0 Å². The van der Waals surface area contributed by atoms with E-state index in [1.54, 1.807) is 134 Å². The average molecular weight is 1430 g/mol. The van der Waals surface area contributed by atoms with Gasteiger partial charge in [0.25, 0.3) is 0 Å². The van der Waals surface area contributed by atoms with Gasteiger partial charge < -0.3 is 0 Å². The maximum absolute atomic E-state index is 14.7. The summed E-state index contributed by atoms with van der Waals surface area (Å²) in [4.78, 5) is 9.16. The van der Waals surface area contributed by atoms with E-state index in [-0.39, 0.29) is 173 Å². The van der Waals surface area contributed by atoms with Gasteiger partial charge in [0.2, 0.25) is 60.1 Å². The molecule has 0 bridgehead atoms. The number of nitrogens with zero attached hydrogens (tertiary/aromatic N) is 9. The lowest BCUT2D eigenvalue weighted by atomic mass is 10.1. The number of sulfonamides is 6. The Balaban J connectivity index is 1.02. The molecule has 0 amide bonds. The van der Waals surface area contributed by atoms with Crippen LogP contribution in [-0.4, -0.2) is 196 Å². The molecule has 3 heterocycles. The second kappa shape index (κ2) is 32.2. The summed E-state index contributed by atoms with van der Waals surface area (Å²) >= 11 is 0. The largest absolute Gasteiger partial charge is 0.298 e. The predicted molar refractivity (Wildman–Crippen MR) is 373 cm³/mol. The Labute approximate surface area is 570 Å². The van der Waals surface area contributed by atoms with Gasteiger partial charge in [0, 0.05) is 117 Å². The van der Waals surface area contributed by atoms with Crippen molar-refractivity contribution in [2.45, 2.75) is 110 Å². The Morgan fingerprint density at radius 2 is 0.427 bits per heavy atom. The van der Waals surface area contributed by atoms with Crippen LogP contribution in [0.4, 0.5) is 0 Å². The summed E-state index contributed by atoms with van der Waals surface area (Å²) in [5.74, 6) is 0. The molecule has 0 N–H and O–H groups in total. The number of benzene rings is 6. The molecule has 0 radical (unpaired) electrons. The fourth-order valence-electron chi connectivity index (χ4n) is 11.8. The molecule has 0 unspecified atom stereocenters. The fraction of sp³-hybridized carbons (Fsp3) is 0.406. The van der Waals surface area contributed by atoms with Crippen molar-refractivity contribution in [3.63, 3.8) is 0 Å². The molecule has 9 rings (SSSR count). The Bertz CT molecular complexity index is 4180. The topological polar surface area (TPSA) is 244 Å². The molecule has 2 saturated heterocycles. The van der Waals surface area contributed by atoms with E-state index in [2.05, 4.69) is 9.80 Å². The third-order valence-electron chi connectivity index (χ3n) is 17.5. The van der Waals surface area contributed by atoms with Gasteiger partial charge in [0.1, 0.15) is 0 Å². The molecule has 7 aromatic rings. The summed E-state index contributed by atoms with van der Waals surface area (Å²) in [5, 5.41) is 0. The number of hydrogen-bond acceptors (Lipinski definition) is 15. The maximum Gasteiger partial charge on any atom is 0.243 e. The summed E-state index contributed by atoms with van der Waals surface area (Å²) in [5.41, 5.74) is 6.66. The second-order valence-corrected chi connectivity index (χ2v) is 36.6. The smallest absolute Gasteiger partial charge is 0.243 e. The molecule has 0 saturated carbocycles. The average Bonchev–Trinajstić information content (AvgIpc) is 0.904. The van der Waals surface area contributed by atoms with Gasteiger partial charge in [-0.3, -0.25) is 14.8 Å². The molecular weight excluding hydrogens is 1340 g/mol. The van der Waals surface area contributed by atoms with E-state index >= 15 is 0 Å². The monoisotopic (exact) mass is 1430 g/mol. The highest BCUT2D eigenvalue weighted by Crippen LogP contribution is 2.27. The van der Waals surface area contributed by atoms with Crippen molar-refractivity contribution in [2.75, 3.05) is 105 Å². The van der Waals surface area contributed by atoms with Crippen molar-refractivity contribution in [3.05, 3.63) is 209 Å². The minimum Gasteiger partial charge on any atom is -0.298 e. The summed E-state index contributed by atoms with van der Waals surface area (Å²) in [6.45, 7) is 11.4. The standard InChI is InChI=1S/C69H89N9O12S6/c1-56-11-23-64(24-12-56)91(79,80)73-39-9-41-77(95(87,88)68-31-19-60(5)20-32-68)49-47-75(93(83,84)66-27-15-58(3)16-28-66)37-7-35-71(43-45-73)54-62-51-63(53-70-52-62)55-72-36-8-38-76(94(85,86)67-29-17-59(4)18-30-67)48-50-78(96(89,90)69-33-21-61(6)22-34-69)42-10-40-74(46-44-72)92(81,82)65-25-13-57(2)14-26-65/h11-34,51-53H,7-10,35-50,54-55H2,1-6H3. The lowest BCUT2D eigenvalue weighted by Gasteiger charge is -2.32. The fourth-order valence-corrected chi connectivity index (χ4v) is 20.6. The van der Waals surface area contributed by atoms with Crippen LogP contribution in [0.5, 0.6) is 0 Å². The summed E-state index contributed by atoms with van der Waals surface area (Å²) in [6, 6.07) is 41.0. The van der Waals surface area contributed by atoms with Crippen LogP contribution in [0.2, 0.25) is 0 Å². The highest BCUT2D eigenvalue weighted by atomic mass is 32.2. The molecule has 0 atom stereocenters. The van der Waals surface area contributed by atoms with Crippen molar-refractivity contribution in [1.29, 1.82) is 0 Å². The van der Waals surface area contributed by atoms with Crippen LogP contribution < -0.4 is 0 Å². The second-order valence-electron chi connectivity index (χ2n) is 25.0. The Kier molecular flexibility index (Phi) is 24.9. The zero-order valence-electron chi connectivity index (χ0n) is 55.5. The van der Waals surface area contributed by atoms with Crippen LogP contribution in [0.1, 0.15) is 70.2 Å². The van der Waals surface area contributed by atoms with Gasteiger partial charge in [0.15, 0.2) is 0 Å². The van der Waals surface area contributed by atoms with Crippen LogP contribution in [0, 0.1) is 41.5 Å². The first kappa shape index (κ1) is 74.1. The van der Waals surface area contributed by atoms with Crippen LogP contribution in [0.25, 0.3) is 0 Å². The van der Waals surface area contributed by atoms with E-state index < -0.39 is 60.1 Å². The summed E-state index contributed by atoms with van der Waals surface area (Å²) < 4.78 is 184. The summed E-state index contributed by atoms with van der Waals surface area (Å²) in [6.07, 6.45) is 4.11. The van der Waals surface area contributed by atoms with Crippen molar-refractivity contribution in [1.82, 2.24) is 40.6 Å². The first-order valence-corrected chi connectivity index (χ1v) is 41.0. The molecule has 518 valence electrons. The lowest BCUT2D eigenvalue weighted by Crippen LogP contribution is -2.45. The van der Waals surface area contributed by atoms with Crippen LogP contribution >= 0.6 is 0 Å². The van der Waals surface area contributed by atoms with Gasteiger partial charge in [-0.1, -0.05) is 112 Å². The molecule has 27 heteroatoms. The van der Waals surface area contributed by atoms with E-state index in [9.17, 15) is 50.5 Å². The van der Waals surface area contributed by atoms with Gasteiger partial charge in [-0.25, -0.2) is 50.5 Å².